The van der Waals surface area contributed by atoms with E-state index >= 15 is 0 Å². The van der Waals surface area contributed by atoms with Crippen LogP contribution in [0.1, 0.15) is 37.0 Å². The normalized spacial score (nSPS) is 21.3. The molecule has 1 N–H and O–H groups in total. The SMILES string of the molecule is O=C1NC2(CCCCC2)C(=O)N1/N=C\c1sc(N2CCOCC2)nc1-c1ccccc1. The number of anilines is 1. The van der Waals surface area contributed by atoms with E-state index in [-0.39, 0.29) is 5.91 Å². The Hall–Kier alpha value is -2.78. The van der Waals surface area contributed by atoms with Crippen LogP contribution in [0, 0.1) is 0 Å². The van der Waals surface area contributed by atoms with Gasteiger partial charge in [-0.2, -0.15) is 5.10 Å². The molecule has 0 unspecified atom stereocenters. The fourth-order valence-corrected chi connectivity index (χ4v) is 5.42. The molecule has 162 valence electrons. The van der Waals surface area contributed by atoms with E-state index in [1.54, 1.807) is 6.21 Å². The average molecular weight is 440 g/mol. The van der Waals surface area contributed by atoms with E-state index < -0.39 is 11.6 Å². The number of aromatic nitrogens is 1. The van der Waals surface area contributed by atoms with Crippen LogP contribution in [-0.2, 0) is 9.53 Å². The topological polar surface area (TPSA) is 87.1 Å². The lowest BCUT2D eigenvalue weighted by Crippen LogP contribution is -2.48. The molecule has 2 saturated heterocycles. The van der Waals surface area contributed by atoms with Gasteiger partial charge in [-0.25, -0.2) is 9.78 Å². The number of benzene rings is 1. The maximum atomic E-state index is 13.0. The van der Waals surface area contributed by atoms with Gasteiger partial charge in [-0.15, -0.1) is 5.01 Å². The van der Waals surface area contributed by atoms with Crippen LogP contribution in [0.3, 0.4) is 0 Å². The van der Waals surface area contributed by atoms with Crippen molar-refractivity contribution in [2.24, 2.45) is 5.10 Å². The van der Waals surface area contributed by atoms with E-state index in [9.17, 15) is 9.59 Å². The maximum Gasteiger partial charge on any atom is 0.346 e. The number of carbonyl (C=O) groups excluding carboxylic acids is 2. The molecule has 1 spiro atoms. The summed E-state index contributed by atoms with van der Waals surface area (Å²) in [4.78, 5) is 33.4. The number of nitrogens with zero attached hydrogens (tertiary/aromatic N) is 4. The first kappa shape index (κ1) is 20.1. The number of urea groups is 1. The number of imide groups is 1. The largest absolute Gasteiger partial charge is 0.378 e. The average Bonchev–Trinajstić information content (AvgIpc) is 3.33. The molecular weight excluding hydrogens is 414 g/mol. The summed E-state index contributed by atoms with van der Waals surface area (Å²) in [5.74, 6) is -0.243. The number of carbonyl (C=O) groups is 2. The lowest BCUT2D eigenvalue weighted by Gasteiger charge is -2.29. The zero-order valence-corrected chi connectivity index (χ0v) is 18.1. The van der Waals surface area contributed by atoms with E-state index in [0.717, 1.165) is 58.6 Å². The van der Waals surface area contributed by atoms with Gasteiger partial charge in [0.05, 0.1) is 30.0 Å². The second kappa shape index (κ2) is 8.39. The van der Waals surface area contributed by atoms with Gasteiger partial charge in [0, 0.05) is 18.7 Å². The summed E-state index contributed by atoms with van der Waals surface area (Å²) in [5, 5.41) is 9.11. The summed E-state index contributed by atoms with van der Waals surface area (Å²) in [6, 6.07) is 9.45. The smallest absolute Gasteiger partial charge is 0.346 e. The Morgan fingerprint density at radius 1 is 1.10 bits per heavy atom. The van der Waals surface area contributed by atoms with Gasteiger partial charge in [0.1, 0.15) is 5.54 Å². The highest BCUT2D eigenvalue weighted by molar-refractivity contribution is 7.17. The number of amides is 3. The Bertz CT molecular complexity index is 994. The van der Waals surface area contributed by atoms with Gasteiger partial charge in [0.2, 0.25) is 0 Å². The first-order valence-corrected chi connectivity index (χ1v) is 11.6. The van der Waals surface area contributed by atoms with Crippen molar-refractivity contribution in [3.8, 4) is 11.3 Å². The Morgan fingerprint density at radius 2 is 1.84 bits per heavy atom. The monoisotopic (exact) mass is 439 g/mol. The first-order chi connectivity index (χ1) is 15.2. The summed E-state index contributed by atoms with van der Waals surface area (Å²) < 4.78 is 5.46. The molecule has 2 aromatic rings. The fraction of sp³-hybridized carbons (Fsp3) is 0.455. The van der Waals surface area contributed by atoms with Crippen molar-refractivity contribution >= 4 is 34.6 Å². The van der Waals surface area contributed by atoms with Crippen LogP contribution < -0.4 is 10.2 Å². The van der Waals surface area contributed by atoms with Crippen LogP contribution in [0.15, 0.2) is 35.4 Å². The summed E-state index contributed by atoms with van der Waals surface area (Å²) in [6.07, 6.45) is 5.95. The molecule has 1 saturated carbocycles. The lowest BCUT2D eigenvalue weighted by atomic mass is 9.82. The Morgan fingerprint density at radius 3 is 2.58 bits per heavy atom. The molecule has 3 aliphatic rings. The highest BCUT2D eigenvalue weighted by Gasteiger charge is 2.51. The predicted molar refractivity (Wildman–Crippen MR) is 119 cm³/mol. The van der Waals surface area contributed by atoms with Crippen LogP contribution in [0.4, 0.5) is 9.93 Å². The van der Waals surface area contributed by atoms with Crippen molar-refractivity contribution in [2.75, 3.05) is 31.2 Å². The second-order valence-electron chi connectivity index (χ2n) is 8.11. The number of hydrazone groups is 1. The van der Waals surface area contributed by atoms with Gasteiger partial charge in [0.25, 0.3) is 5.91 Å². The predicted octanol–water partition coefficient (Wildman–Crippen LogP) is 3.24. The number of ether oxygens (including phenoxy) is 1. The van der Waals surface area contributed by atoms with Crippen LogP contribution in [0.25, 0.3) is 11.3 Å². The third kappa shape index (κ3) is 3.83. The molecule has 3 amide bonds. The first-order valence-electron chi connectivity index (χ1n) is 10.8. The molecule has 31 heavy (non-hydrogen) atoms. The Kier molecular flexibility index (Phi) is 5.45. The minimum absolute atomic E-state index is 0.243. The molecule has 1 aromatic carbocycles. The summed E-state index contributed by atoms with van der Waals surface area (Å²) in [5.41, 5.74) is 0.998. The summed E-state index contributed by atoms with van der Waals surface area (Å²) in [6.45, 7) is 2.92. The van der Waals surface area contributed by atoms with E-state index in [4.69, 9.17) is 9.72 Å². The number of hydrogen-bond donors (Lipinski definition) is 1. The molecule has 0 radical (unpaired) electrons. The molecule has 1 aliphatic carbocycles. The number of thiazole rings is 1. The second-order valence-corrected chi connectivity index (χ2v) is 9.12. The van der Waals surface area contributed by atoms with Crippen molar-refractivity contribution in [3.63, 3.8) is 0 Å². The van der Waals surface area contributed by atoms with Crippen molar-refractivity contribution < 1.29 is 14.3 Å². The summed E-state index contributed by atoms with van der Waals surface area (Å²) >= 11 is 1.51. The van der Waals surface area contributed by atoms with Crippen molar-refractivity contribution in [1.82, 2.24) is 15.3 Å². The van der Waals surface area contributed by atoms with E-state index in [1.807, 2.05) is 30.3 Å². The zero-order chi connectivity index (χ0) is 21.3. The number of morpholine rings is 1. The van der Waals surface area contributed by atoms with Gasteiger partial charge < -0.3 is 15.0 Å². The summed E-state index contributed by atoms with van der Waals surface area (Å²) in [7, 11) is 0. The van der Waals surface area contributed by atoms with Crippen LogP contribution in [0.2, 0.25) is 0 Å². The van der Waals surface area contributed by atoms with Crippen LogP contribution >= 0.6 is 11.3 Å². The van der Waals surface area contributed by atoms with Gasteiger partial charge in [-0.1, -0.05) is 60.9 Å². The molecule has 2 aliphatic heterocycles. The standard InChI is InChI=1S/C22H25N5O3S/c28-19-22(9-5-2-6-10-22)25-20(29)27(19)23-15-17-18(16-7-3-1-4-8-16)24-21(31-17)26-11-13-30-14-12-26/h1,3-4,7-8,15H,2,5-6,9-14H2,(H,25,29)/b23-15-. The molecule has 0 atom stereocenters. The molecule has 1 aromatic heterocycles. The van der Waals surface area contributed by atoms with Crippen LogP contribution in [0.5, 0.6) is 0 Å². The van der Waals surface area contributed by atoms with Crippen LogP contribution in [-0.4, -0.2) is 60.0 Å². The number of rotatable bonds is 4. The van der Waals surface area contributed by atoms with Crippen molar-refractivity contribution in [1.29, 1.82) is 0 Å². The Balaban J connectivity index is 1.45. The quantitative estimate of drug-likeness (QED) is 0.584. The molecule has 0 bridgehead atoms. The highest BCUT2D eigenvalue weighted by atomic mass is 32.1. The van der Waals surface area contributed by atoms with E-state index in [2.05, 4.69) is 15.3 Å². The molecule has 5 rings (SSSR count). The fourth-order valence-electron chi connectivity index (χ4n) is 4.42. The Labute approximate surface area is 184 Å². The van der Waals surface area contributed by atoms with Gasteiger partial charge in [0.15, 0.2) is 5.13 Å². The third-order valence-corrected chi connectivity index (χ3v) is 7.16. The van der Waals surface area contributed by atoms with Gasteiger partial charge in [-0.3, -0.25) is 4.79 Å². The molecule has 3 fully saturated rings. The zero-order valence-electron chi connectivity index (χ0n) is 17.2. The minimum Gasteiger partial charge on any atom is -0.378 e. The maximum absolute atomic E-state index is 13.0. The van der Waals surface area contributed by atoms with Gasteiger partial charge >= 0.3 is 6.03 Å². The highest BCUT2D eigenvalue weighted by Crippen LogP contribution is 2.35. The lowest BCUT2D eigenvalue weighted by molar-refractivity contribution is -0.132. The van der Waals surface area contributed by atoms with Gasteiger partial charge in [-0.05, 0) is 12.8 Å². The number of hydrogen-bond acceptors (Lipinski definition) is 7. The number of nitrogens with one attached hydrogen (secondary N) is 1. The van der Waals surface area contributed by atoms with Crippen molar-refractivity contribution in [2.45, 2.75) is 37.6 Å². The van der Waals surface area contributed by atoms with E-state index in [1.165, 1.54) is 11.3 Å². The van der Waals surface area contributed by atoms with E-state index in [0.29, 0.717) is 26.1 Å². The molecule has 3 heterocycles. The molecule has 9 heteroatoms. The minimum atomic E-state index is -0.776. The third-order valence-electron chi connectivity index (χ3n) is 6.11. The van der Waals surface area contributed by atoms with Crippen molar-refractivity contribution in [3.05, 3.63) is 35.2 Å². The molecule has 8 nitrogen and oxygen atoms in total. The molecular formula is C22H25N5O3S.